The van der Waals surface area contributed by atoms with E-state index in [1.165, 1.54) is 0 Å². The third kappa shape index (κ3) is 3.98. The van der Waals surface area contributed by atoms with Gasteiger partial charge in [-0.3, -0.25) is 10.1 Å². The van der Waals surface area contributed by atoms with Gasteiger partial charge in [-0.25, -0.2) is 8.78 Å². The van der Waals surface area contributed by atoms with Crippen molar-refractivity contribution in [3.05, 3.63) is 29.8 Å². The first-order valence-electron chi connectivity index (χ1n) is 6.59. The van der Waals surface area contributed by atoms with Crippen LogP contribution in [0.2, 0.25) is 0 Å². The van der Waals surface area contributed by atoms with Crippen molar-refractivity contribution in [3.8, 4) is 0 Å². The molecule has 0 saturated carbocycles. The lowest BCUT2D eigenvalue weighted by Gasteiger charge is -2.12. The van der Waals surface area contributed by atoms with Gasteiger partial charge in [0.2, 0.25) is 5.91 Å². The Kier molecular flexibility index (Phi) is 4.67. The summed E-state index contributed by atoms with van der Waals surface area (Å²) in [6.45, 7) is 2.52. The fourth-order valence-electron chi connectivity index (χ4n) is 2.09. The highest BCUT2D eigenvalue weighted by molar-refractivity contribution is 5.95. The molecule has 1 saturated heterocycles. The third-order valence-electron chi connectivity index (χ3n) is 3.09. The van der Waals surface area contributed by atoms with Crippen molar-refractivity contribution in [2.24, 2.45) is 0 Å². The highest BCUT2D eigenvalue weighted by Crippen LogP contribution is 2.25. The molecule has 6 heteroatoms. The molecule has 0 aromatic heterocycles. The summed E-state index contributed by atoms with van der Waals surface area (Å²) in [5.74, 6) is -3.24. The monoisotopic (exact) mass is 284 g/mol. The van der Waals surface area contributed by atoms with Crippen LogP contribution in [0.4, 0.5) is 14.5 Å². The standard InChI is InChI=1S/C14H18F2N2O2/c1-2-20-8-10-4-3-5-11(6-10)18-13(19)12-7-14(15,16)9-17-12/h3-6,12,17H,2,7-9H2,1H3,(H,18,19). The van der Waals surface area contributed by atoms with E-state index in [1.54, 1.807) is 18.2 Å². The van der Waals surface area contributed by atoms with Crippen LogP contribution in [0.15, 0.2) is 24.3 Å². The van der Waals surface area contributed by atoms with Gasteiger partial charge in [0.25, 0.3) is 5.92 Å². The van der Waals surface area contributed by atoms with E-state index >= 15 is 0 Å². The maximum Gasteiger partial charge on any atom is 0.262 e. The van der Waals surface area contributed by atoms with E-state index in [0.29, 0.717) is 18.9 Å². The molecule has 20 heavy (non-hydrogen) atoms. The fraction of sp³-hybridized carbons (Fsp3) is 0.500. The summed E-state index contributed by atoms with van der Waals surface area (Å²) in [5, 5.41) is 5.18. The molecule has 0 radical (unpaired) electrons. The minimum absolute atomic E-state index is 0.435. The summed E-state index contributed by atoms with van der Waals surface area (Å²) in [4.78, 5) is 11.9. The number of benzene rings is 1. The molecule has 0 spiro atoms. The number of carbonyl (C=O) groups is 1. The van der Waals surface area contributed by atoms with Crippen LogP contribution < -0.4 is 10.6 Å². The zero-order valence-corrected chi connectivity index (χ0v) is 11.3. The Labute approximate surface area is 116 Å². The van der Waals surface area contributed by atoms with Crippen molar-refractivity contribution >= 4 is 11.6 Å². The van der Waals surface area contributed by atoms with E-state index in [9.17, 15) is 13.6 Å². The topological polar surface area (TPSA) is 50.4 Å². The molecule has 1 aromatic carbocycles. The first kappa shape index (κ1) is 14.9. The Bertz CT molecular complexity index is 480. The van der Waals surface area contributed by atoms with Gasteiger partial charge in [-0.1, -0.05) is 12.1 Å². The van der Waals surface area contributed by atoms with Gasteiger partial charge in [0.05, 0.1) is 19.2 Å². The van der Waals surface area contributed by atoms with Gasteiger partial charge in [0.1, 0.15) is 0 Å². The molecule has 1 fully saturated rings. The van der Waals surface area contributed by atoms with E-state index in [1.807, 2.05) is 13.0 Å². The number of amides is 1. The molecule has 1 aliphatic rings. The van der Waals surface area contributed by atoms with E-state index in [4.69, 9.17) is 4.74 Å². The fourth-order valence-corrected chi connectivity index (χ4v) is 2.09. The number of alkyl halides is 2. The predicted molar refractivity (Wildman–Crippen MR) is 71.8 cm³/mol. The Balaban J connectivity index is 1.94. The molecule has 1 heterocycles. The molecule has 0 bridgehead atoms. The number of carbonyl (C=O) groups excluding carboxylic acids is 1. The van der Waals surface area contributed by atoms with E-state index < -0.39 is 30.8 Å². The Morgan fingerprint density at radius 1 is 1.55 bits per heavy atom. The second-order valence-electron chi connectivity index (χ2n) is 4.82. The van der Waals surface area contributed by atoms with Gasteiger partial charge in [-0.2, -0.15) is 0 Å². The van der Waals surface area contributed by atoms with Crippen molar-refractivity contribution in [2.45, 2.75) is 31.9 Å². The zero-order valence-electron chi connectivity index (χ0n) is 11.3. The van der Waals surface area contributed by atoms with Crippen LogP contribution in [0.5, 0.6) is 0 Å². The van der Waals surface area contributed by atoms with Crippen LogP contribution in [0.1, 0.15) is 18.9 Å². The quantitative estimate of drug-likeness (QED) is 0.871. The Hall–Kier alpha value is -1.53. The molecule has 2 rings (SSSR count). The minimum Gasteiger partial charge on any atom is -0.377 e. The Morgan fingerprint density at radius 2 is 2.35 bits per heavy atom. The maximum atomic E-state index is 13.0. The molecule has 110 valence electrons. The van der Waals surface area contributed by atoms with Crippen LogP contribution in [0.25, 0.3) is 0 Å². The summed E-state index contributed by atoms with van der Waals surface area (Å²) >= 11 is 0. The van der Waals surface area contributed by atoms with Gasteiger partial charge in [0.15, 0.2) is 0 Å². The third-order valence-corrected chi connectivity index (χ3v) is 3.09. The molecule has 1 amide bonds. The average Bonchev–Trinajstić information content (AvgIpc) is 2.77. The molecule has 1 aliphatic heterocycles. The normalized spacial score (nSPS) is 20.9. The van der Waals surface area contributed by atoms with Crippen molar-refractivity contribution < 1.29 is 18.3 Å². The Morgan fingerprint density at radius 3 is 3.00 bits per heavy atom. The lowest BCUT2D eigenvalue weighted by atomic mass is 10.1. The smallest absolute Gasteiger partial charge is 0.262 e. The first-order valence-corrected chi connectivity index (χ1v) is 6.59. The highest BCUT2D eigenvalue weighted by Gasteiger charge is 2.42. The molecule has 1 atom stereocenters. The van der Waals surface area contributed by atoms with Crippen LogP contribution in [-0.4, -0.2) is 31.0 Å². The van der Waals surface area contributed by atoms with Gasteiger partial charge < -0.3 is 10.1 Å². The second-order valence-corrected chi connectivity index (χ2v) is 4.82. The average molecular weight is 284 g/mol. The lowest BCUT2D eigenvalue weighted by Crippen LogP contribution is -2.35. The van der Waals surface area contributed by atoms with E-state index in [2.05, 4.69) is 10.6 Å². The molecule has 4 nitrogen and oxygen atoms in total. The first-order chi connectivity index (χ1) is 9.50. The molecule has 2 N–H and O–H groups in total. The molecule has 1 aromatic rings. The van der Waals surface area contributed by atoms with Crippen LogP contribution in [0.3, 0.4) is 0 Å². The number of hydrogen-bond donors (Lipinski definition) is 2. The van der Waals surface area contributed by atoms with Gasteiger partial charge in [0, 0.05) is 18.7 Å². The number of hydrogen-bond acceptors (Lipinski definition) is 3. The van der Waals surface area contributed by atoms with E-state index in [0.717, 1.165) is 5.56 Å². The van der Waals surface area contributed by atoms with Crippen molar-refractivity contribution in [3.63, 3.8) is 0 Å². The van der Waals surface area contributed by atoms with Gasteiger partial charge >= 0.3 is 0 Å². The van der Waals surface area contributed by atoms with Crippen LogP contribution >= 0.6 is 0 Å². The maximum absolute atomic E-state index is 13.0. The van der Waals surface area contributed by atoms with Gasteiger partial charge in [-0.05, 0) is 24.6 Å². The molecule has 0 aliphatic carbocycles. The van der Waals surface area contributed by atoms with E-state index in [-0.39, 0.29) is 0 Å². The number of rotatable bonds is 5. The summed E-state index contributed by atoms with van der Waals surface area (Å²) in [7, 11) is 0. The van der Waals surface area contributed by atoms with Crippen LogP contribution in [-0.2, 0) is 16.1 Å². The van der Waals surface area contributed by atoms with Crippen molar-refractivity contribution in [1.82, 2.24) is 5.32 Å². The highest BCUT2D eigenvalue weighted by atomic mass is 19.3. The number of halogens is 2. The predicted octanol–water partition coefficient (Wildman–Crippen LogP) is 2.16. The molecule has 1 unspecified atom stereocenters. The SMILES string of the molecule is CCOCc1cccc(NC(=O)C2CC(F)(F)CN2)c1. The number of nitrogens with one attached hydrogen (secondary N) is 2. The summed E-state index contributed by atoms with van der Waals surface area (Å²) < 4.78 is 31.4. The molecular weight excluding hydrogens is 266 g/mol. The van der Waals surface area contributed by atoms with Crippen molar-refractivity contribution in [2.75, 3.05) is 18.5 Å². The minimum atomic E-state index is -2.81. The van der Waals surface area contributed by atoms with Crippen molar-refractivity contribution in [1.29, 1.82) is 0 Å². The second kappa shape index (κ2) is 6.28. The van der Waals surface area contributed by atoms with Gasteiger partial charge in [-0.15, -0.1) is 0 Å². The number of ether oxygens (including phenoxy) is 1. The van der Waals surface area contributed by atoms with Crippen LogP contribution in [0, 0.1) is 0 Å². The summed E-state index contributed by atoms with van der Waals surface area (Å²) in [5.41, 5.74) is 1.51. The lowest BCUT2D eigenvalue weighted by molar-refractivity contribution is -0.118. The summed E-state index contributed by atoms with van der Waals surface area (Å²) in [6.07, 6.45) is -0.461. The summed E-state index contributed by atoms with van der Waals surface area (Å²) in [6, 6.07) is 6.33. The number of anilines is 1. The molecular formula is C14H18F2N2O2. The zero-order chi connectivity index (χ0) is 14.6. The largest absolute Gasteiger partial charge is 0.377 e.